The Balaban J connectivity index is 1.59. The second-order valence-electron chi connectivity index (χ2n) is 12.1. The molecule has 252 valence electrons. The van der Waals surface area contributed by atoms with Gasteiger partial charge in [-0.1, -0.05) is 119 Å². The minimum atomic E-state index is -4.22. The Hall–Kier alpha value is -3.37. The van der Waals surface area contributed by atoms with Crippen LogP contribution in [-0.2, 0) is 32.6 Å². The van der Waals surface area contributed by atoms with Crippen LogP contribution in [-0.4, -0.2) is 43.8 Å². The summed E-state index contributed by atoms with van der Waals surface area (Å²) in [5.41, 5.74) is 2.50. The molecule has 0 saturated heterocycles. The van der Waals surface area contributed by atoms with Crippen LogP contribution in [0.4, 0.5) is 5.69 Å². The summed E-state index contributed by atoms with van der Waals surface area (Å²) < 4.78 is 30.2. The minimum Gasteiger partial charge on any atom is -0.352 e. The summed E-state index contributed by atoms with van der Waals surface area (Å²) in [7, 11) is -4.22. The molecule has 4 aromatic rings. The van der Waals surface area contributed by atoms with Crippen LogP contribution in [0.25, 0.3) is 0 Å². The van der Waals surface area contributed by atoms with Gasteiger partial charge in [0.05, 0.1) is 10.6 Å². The summed E-state index contributed by atoms with van der Waals surface area (Å²) in [4.78, 5) is 30.5. The molecule has 1 aliphatic carbocycles. The molecule has 1 aliphatic rings. The van der Waals surface area contributed by atoms with Crippen LogP contribution >= 0.6 is 39.1 Å². The van der Waals surface area contributed by atoms with Crippen molar-refractivity contribution in [3.8, 4) is 0 Å². The molecule has 5 rings (SSSR count). The number of halogens is 3. The molecule has 0 spiro atoms. The Bertz CT molecular complexity index is 1820. The van der Waals surface area contributed by atoms with Gasteiger partial charge in [-0.25, -0.2) is 8.42 Å². The van der Waals surface area contributed by atoms with E-state index in [2.05, 4.69) is 21.2 Å². The first-order valence-corrected chi connectivity index (χ1v) is 18.9. The van der Waals surface area contributed by atoms with Gasteiger partial charge in [-0.3, -0.25) is 13.9 Å². The normalized spacial score (nSPS) is 14.2. The molecule has 1 saturated carbocycles. The zero-order valence-corrected chi connectivity index (χ0v) is 30.5. The zero-order chi connectivity index (χ0) is 34.3. The molecule has 0 aliphatic heterocycles. The Kier molecular flexibility index (Phi) is 12.2. The zero-order valence-electron chi connectivity index (χ0n) is 26.6. The molecular formula is C37H38BrCl2N3O4S. The molecule has 0 heterocycles. The first kappa shape index (κ1) is 35.9. The quantitative estimate of drug-likeness (QED) is 0.157. The van der Waals surface area contributed by atoms with Crippen molar-refractivity contribution >= 4 is 66.7 Å². The highest BCUT2D eigenvalue weighted by atomic mass is 79.9. The molecule has 4 aromatic carbocycles. The number of benzene rings is 4. The van der Waals surface area contributed by atoms with Crippen molar-refractivity contribution in [3.05, 3.63) is 128 Å². The number of sulfonamides is 1. The van der Waals surface area contributed by atoms with Gasteiger partial charge < -0.3 is 10.2 Å². The van der Waals surface area contributed by atoms with E-state index >= 15 is 0 Å². The van der Waals surface area contributed by atoms with Gasteiger partial charge in [0.15, 0.2) is 0 Å². The number of rotatable bonds is 12. The van der Waals surface area contributed by atoms with E-state index in [-0.39, 0.29) is 29.8 Å². The van der Waals surface area contributed by atoms with Crippen molar-refractivity contribution in [2.75, 3.05) is 10.8 Å². The number of aryl methyl sites for hydroxylation is 1. The number of hydrogen-bond acceptors (Lipinski definition) is 4. The summed E-state index contributed by atoms with van der Waals surface area (Å²) in [6, 6.07) is 26.8. The molecule has 48 heavy (non-hydrogen) atoms. The lowest BCUT2D eigenvalue weighted by molar-refractivity contribution is -0.140. The molecular weight excluding hydrogens is 733 g/mol. The van der Waals surface area contributed by atoms with Gasteiger partial charge in [-0.15, -0.1) is 0 Å². The van der Waals surface area contributed by atoms with Crippen molar-refractivity contribution in [3.63, 3.8) is 0 Å². The summed E-state index contributed by atoms with van der Waals surface area (Å²) in [6.07, 6.45) is 5.08. The van der Waals surface area contributed by atoms with Gasteiger partial charge >= 0.3 is 0 Å². The molecule has 0 bridgehead atoms. The van der Waals surface area contributed by atoms with Crippen molar-refractivity contribution < 1.29 is 18.0 Å². The van der Waals surface area contributed by atoms with E-state index in [9.17, 15) is 18.0 Å². The first-order chi connectivity index (χ1) is 23.0. The van der Waals surface area contributed by atoms with Crippen LogP contribution in [0.2, 0.25) is 10.0 Å². The van der Waals surface area contributed by atoms with Crippen LogP contribution in [0.5, 0.6) is 0 Å². The number of carbonyl (C=O) groups is 2. The second kappa shape index (κ2) is 16.4. The van der Waals surface area contributed by atoms with Crippen LogP contribution in [0, 0.1) is 6.92 Å². The smallest absolute Gasteiger partial charge is 0.264 e. The average Bonchev–Trinajstić information content (AvgIpc) is 3.07. The lowest BCUT2D eigenvalue weighted by atomic mass is 9.94. The van der Waals surface area contributed by atoms with Gasteiger partial charge in [0.1, 0.15) is 12.6 Å². The van der Waals surface area contributed by atoms with E-state index < -0.39 is 28.5 Å². The third kappa shape index (κ3) is 8.99. The molecule has 2 amide bonds. The third-order valence-electron chi connectivity index (χ3n) is 8.60. The fraction of sp³-hybridized carbons (Fsp3) is 0.297. The van der Waals surface area contributed by atoms with Crippen molar-refractivity contribution in [1.82, 2.24) is 10.2 Å². The highest BCUT2D eigenvalue weighted by Gasteiger charge is 2.36. The third-order valence-corrected chi connectivity index (χ3v) is 11.6. The number of anilines is 1. The van der Waals surface area contributed by atoms with Crippen LogP contribution in [0.15, 0.2) is 106 Å². The SMILES string of the molecule is Cc1ccc(S(=O)(=O)N(CC(=O)N(Cc2c(Cl)cccc2Cl)[C@@H](Cc2ccccc2)C(=O)NC2CCCCC2)c2cccc(Br)c2)cc1. The number of amides is 2. The monoisotopic (exact) mass is 769 g/mol. The van der Waals surface area contributed by atoms with Crippen molar-refractivity contribution in [2.45, 2.75) is 69.0 Å². The second-order valence-corrected chi connectivity index (χ2v) is 15.7. The lowest BCUT2D eigenvalue weighted by Gasteiger charge is -2.35. The topological polar surface area (TPSA) is 86.8 Å². The lowest BCUT2D eigenvalue weighted by Crippen LogP contribution is -2.55. The van der Waals surface area contributed by atoms with Gasteiger partial charge in [0.25, 0.3) is 10.0 Å². The van der Waals surface area contributed by atoms with Crippen molar-refractivity contribution in [1.29, 1.82) is 0 Å². The maximum atomic E-state index is 14.7. The maximum absolute atomic E-state index is 14.7. The average molecular weight is 772 g/mol. The van der Waals surface area contributed by atoms with Gasteiger partial charge in [-0.05, 0) is 67.8 Å². The summed E-state index contributed by atoms with van der Waals surface area (Å²) in [5.74, 6) is -0.890. The summed E-state index contributed by atoms with van der Waals surface area (Å²) in [5, 5.41) is 3.88. The Morgan fingerprint density at radius 2 is 1.52 bits per heavy atom. The maximum Gasteiger partial charge on any atom is 0.264 e. The molecule has 1 atom stereocenters. The number of hydrogen-bond donors (Lipinski definition) is 1. The number of nitrogens with one attached hydrogen (secondary N) is 1. The largest absolute Gasteiger partial charge is 0.352 e. The molecule has 7 nitrogen and oxygen atoms in total. The summed E-state index contributed by atoms with van der Waals surface area (Å²) in [6.45, 7) is 1.19. The van der Waals surface area contributed by atoms with E-state index in [1.54, 1.807) is 54.6 Å². The van der Waals surface area contributed by atoms with Gasteiger partial charge in [0, 0.05) is 39.1 Å². The van der Waals surface area contributed by atoms with E-state index in [1.807, 2.05) is 37.3 Å². The standard InChI is InChI=1S/C37H38BrCl2N3O4S/c1-26-18-20-31(21-19-26)48(46,47)43(30-15-8-12-28(38)23-30)25-36(44)42(24-32-33(39)16-9-17-34(32)40)35(22-27-10-4-2-5-11-27)37(45)41-29-13-6-3-7-14-29/h2,4-5,8-12,15-21,23,29,35H,3,6-7,13-14,22,24-25H2,1H3,(H,41,45)/t35-/m0/s1. The van der Waals surface area contributed by atoms with E-state index in [0.29, 0.717) is 25.8 Å². The Labute approximate surface area is 301 Å². The van der Waals surface area contributed by atoms with Crippen molar-refractivity contribution in [2.24, 2.45) is 0 Å². The highest BCUT2D eigenvalue weighted by molar-refractivity contribution is 9.10. The molecule has 11 heteroatoms. The van der Waals surface area contributed by atoms with Gasteiger partial charge in [0.2, 0.25) is 11.8 Å². The van der Waals surface area contributed by atoms with E-state index in [0.717, 1.165) is 47.5 Å². The number of carbonyl (C=O) groups excluding carboxylic acids is 2. The first-order valence-electron chi connectivity index (χ1n) is 15.9. The molecule has 1 N–H and O–H groups in total. The molecule has 0 aromatic heterocycles. The Morgan fingerprint density at radius 3 is 2.17 bits per heavy atom. The fourth-order valence-corrected chi connectivity index (χ4v) is 8.26. The van der Waals surface area contributed by atoms with E-state index in [4.69, 9.17) is 23.2 Å². The fourth-order valence-electron chi connectivity index (χ4n) is 5.95. The van der Waals surface area contributed by atoms with Gasteiger partial charge in [-0.2, -0.15) is 0 Å². The number of nitrogens with zero attached hydrogens (tertiary/aromatic N) is 2. The highest BCUT2D eigenvalue weighted by Crippen LogP contribution is 2.30. The minimum absolute atomic E-state index is 0.00883. The van der Waals surface area contributed by atoms with Crippen LogP contribution < -0.4 is 9.62 Å². The predicted molar refractivity (Wildman–Crippen MR) is 196 cm³/mol. The summed E-state index contributed by atoms with van der Waals surface area (Å²) >= 11 is 16.7. The van der Waals surface area contributed by atoms with E-state index in [1.165, 1.54) is 17.0 Å². The predicted octanol–water partition coefficient (Wildman–Crippen LogP) is 8.35. The Morgan fingerprint density at radius 1 is 0.875 bits per heavy atom. The van der Waals surface area contributed by atoms with Crippen LogP contribution in [0.3, 0.4) is 0 Å². The van der Waals surface area contributed by atoms with Crippen LogP contribution in [0.1, 0.15) is 48.8 Å². The molecule has 0 unspecified atom stereocenters. The molecule has 0 radical (unpaired) electrons. The molecule has 1 fully saturated rings.